The number of nitrogens with one attached hydrogen (secondary N) is 1. The van der Waals surface area contributed by atoms with Crippen LogP contribution in [0.15, 0.2) is 60.1 Å². The third kappa shape index (κ3) is 4.74. The van der Waals surface area contributed by atoms with Crippen LogP contribution in [0.25, 0.3) is 43.7 Å². The number of pyridine rings is 2. The van der Waals surface area contributed by atoms with E-state index in [4.69, 9.17) is 14.7 Å². The van der Waals surface area contributed by atoms with Crippen LogP contribution in [0.3, 0.4) is 0 Å². The summed E-state index contributed by atoms with van der Waals surface area (Å²) in [6.45, 7) is 4.75. The van der Waals surface area contributed by atoms with Crippen molar-refractivity contribution < 1.29 is 13.9 Å². The number of rotatable bonds is 4. The molecule has 1 N–H and O–H groups in total. The maximum atomic E-state index is 14.3. The number of ether oxygens (including phenoxy) is 1. The maximum Gasteiger partial charge on any atom is 0.219 e. The second-order valence-electron chi connectivity index (χ2n) is 10.9. The SMILES string of the molecule is COc1cc(F)ccc1-c1c(-c2cnc3c(c2)CN(C(C)=O)CC3)nc(-c2ccc3c(c2)CCNCC3)c2ccsc12. The predicted octanol–water partition coefficient (Wildman–Crippen LogP) is 6.43. The van der Waals surface area contributed by atoms with Crippen LogP contribution < -0.4 is 10.1 Å². The second-order valence-corrected chi connectivity index (χ2v) is 11.9. The number of nitrogens with zero attached hydrogens (tertiary/aromatic N) is 3. The summed E-state index contributed by atoms with van der Waals surface area (Å²) in [4.78, 5) is 24.3. The van der Waals surface area contributed by atoms with E-state index in [-0.39, 0.29) is 11.7 Å². The van der Waals surface area contributed by atoms with E-state index in [1.165, 1.54) is 23.3 Å². The normalized spacial score (nSPS) is 14.8. The van der Waals surface area contributed by atoms with Gasteiger partial charge in [0.05, 0.1) is 18.5 Å². The van der Waals surface area contributed by atoms with E-state index in [2.05, 4.69) is 41.0 Å². The van der Waals surface area contributed by atoms with Crippen LogP contribution in [0.2, 0.25) is 0 Å². The predicted molar refractivity (Wildman–Crippen MR) is 165 cm³/mol. The minimum Gasteiger partial charge on any atom is -0.496 e. The van der Waals surface area contributed by atoms with Crippen LogP contribution in [0.1, 0.15) is 29.3 Å². The van der Waals surface area contributed by atoms with Gasteiger partial charge in [-0.2, -0.15) is 0 Å². The molecule has 7 rings (SSSR count). The smallest absolute Gasteiger partial charge is 0.219 e. The summed E-state index contributed by atoms with van der Waals surface area (Å²) in [5.74, 6) is 0.150. The Morgan fingerprint density at radius 2 is 1.81 bits per heavy atom. The molecule has 5 aromatic rings. The van der Waals surface area contributed by atoms with E-state index in [0.29, 0.717) is 18.8 Å². The molecule has 0 unspecified atom stereocenters. The van der Waals surface area contributed by atoms with Crippen LogP contribution in [-0.2, 0) is 30.6 Å². The highest BCUT2D eigenvalue weighted by atomic mass is 32.1. The molecule has 0 atom stereocenters. The molecule has 2 aliphatic rings. The average molecular weight is 579 g/mol. The fourth-order valence-electron chi connectivity index (χ4n) is 6.22. The molecule has 42 heavy (non-hydrogen) atoms. The molecule has 5 heterocycles. The van der Waals surface area contributed by atoms with E-state index >= 15 is 0 Å². The summed E-state index contributed by atoms with van der Waals surface area (Å²) in [6, 6.07) is 15.6. The van der Waals surface area contributed by atoms with E-state index in [1.807, 2.05) is 11.1 Å². The molecular weight excluding hydrogens is 547 g/mol. The molecule has 2 aliphatic heterocycles. The van der Waals surface area contributed by atoms with E-state index < -0.39 is 0 Å². The minimum absolute atomic E-state index is 0.0571. The number of fused-ring (bicyclic) bond motifs is 3. The van der Waals surface area contributed by atoms with Gasteiger partial charge in [-0.3, -0.25) is 9.78 Å². The summed E-state index contributed by atoms with van der Waals surface area (Å²) in [6.07, 6.45) is 4.61. The molecule has 0 saturated carbocycles. The molecule has 0 spiro atoms. The van der Waals surface area contributed by atoms with Crippen molar-refractivity contribution in [3.05, 3.63) is 88.3 Å². The summed E-state index contributed by atoms with van der Waals surface area (Å²) in [7, 11) is 1.56. The molecule has 0 bridgehead atoms. The van der Waals surface area contributed by atoms with Gasteiger partial charge in [-0.25, -0.2) is 9.37 Å². The third-order valence-corrected chi connectivity index (χ3v) is 9.35. The van der Waals surface area contributed by atoms with Crippen LogP contribution in [-0.4, -0.2) is 47.5 Å². The zero-order valence-corrected chi connectivity index (χ0v) is 24.5. The molecule has 0 aliphatic carbocycles. The lowest BCUT2D eigenvalue weighted by molar-refractivity contribution is -0.129. The second kappa shape index (κ2) is 10.9. The number of benzene rings is 2. The summed E-state index contributed by atoms with van der Waals surface area (Å²) < 4.78 is 21.1. The Morgan fingerprint density at radius 3 is 2.64 bits per heavy atom. The van der Waals surface area contributed by atoms with Crippen molar-refractivity contribution in [2.75, 3.05) is 26.7 Å². The zero-order chi connectivity index (χ0) is 28.8. The van der Waals surface area contributed by atoms with Crippen molar-refractivity contribution in [3.8, 4) is 39.4 Å². The van der Waals surface area contributed by atoms with Crippen molar-refractivity contribution in [1.29, 1.82) is 0 Å². The highest BCUT2D eigenvalue weighted by Crippen LogP contribution is 2.46. The van der Waals surface area contributed by atoms with E-state index in [1.54, 1.807) is 31.4 Å². The average Bonchev–Trinajstić information content (AvgIpc) is 3.38. The van der Waals surface area contributed by atoms with Crippen molar-refractivity contribution in [3.63, 3.8) is 0 Å². The lowest BCUT2D eigenvalue weighted by atomic mass is 9.93. The highest BCUT2D eigenvalue weighted by molar-refractivity contribution is 7.18. The highest BCUT2D eigenvalue weighted by Gasteiger charge is 2.25. The van der Waals surface area contributed by atoms with Crippen LogP contribution in [0.4, 0.5) is 4.39 Å². The Balaban J connectivity index is 1.48. The lowest BCUT2D eigenvalue weighted by Gasteiger charge is -2.27. The monoisotopic (exact) mass is 578 g/mol. The van der Waals surface area contributed by atoms with Gasteiger partial charge in [0, 0.05) is 76.7 Å². The maximum absolute atomic E-state index is 14.3. The summed E-state index contributed by atoms with van der Waals surface area (Å²) >= 11 is 1.64. The van der Waals surface area contributed by atoms with E-state index in [9.17, 15) is 9.18 Å². The number of carbonyl (C=O) groups excluding carboxylic acids is 1. The van der Waals surface area contributed by atoms with Gasteiger partial charge in [0.1, 0.15) is 11.6 Å². The first-order valence-electron chi connectivity index (χ1n) is 14.3. The van der Waals surface area contributed by atoms with Crippen molar-refractivity contribution in [2.45, 2.75) is 32.7 Å². The number of halogens is 1. The largest absolute Gasteiger partial charge is 0.496 e. The number of amides is 1. The van der Waals surface area contributed by atoms with Gasteiger partial charge < -0.3 is 15.0 Å². The first-order valence-corrected chi connectivity index (χ1v) is 15.2. The molecule has 6 nitrogen and oxygen atoms in total. The number of hydrogen-bond acceptors (Lipinski definition) is 6. The van der Waals surface area contributed by atoms with Gasteiger partial charge in [-0.15, -0.1) is 11.3 Å². The number of thiophene rings is 1. The molecule has 0 saturated heterocycles. The molecule has 0 radical (unpaired) electrons. The van der Waals surface area contributed by atoms with Gasteiger partial charge in [-0.1, -0.05) is 12.1 Å². The first-order chi connectivity index (χ1) is 20.5. The summed E-state index contributed by atoms with van der Waals surface area (Å²) in [5.41, 5.74) is 10.0. The Bertz CT molecular complexity index is 1850. The van der Waals surface area contributed by atoms with Crippen LogP contribution in [0, 0.1) is 5.82 Å². The molecule has 0 fully saturated rings. The number of aromatic nitrogens is 2. The van der Waals surface area contributed by atoms with Crippen LogP contribution in [0.5, 0.6) is 5.75 Å². The fourth-order valence-corrected chi connectivity index (χ4v) is 7.18. The first kappa shape index (κ1) is 26.7. The molecule has 2 aromatic carbocycles. The van der Waals surface area contributed by atoms with Gasteiger partial charge >= 0.3 is 0 Å². The molecule has 212 valence electrons. The number of methoxy groups -OCH3 is 1. The third-order valence-electron chi connectivity index (χ3n) is 8.42. The van der Waals surface area contributed by atoms with Gasteiger partial charge in [-0.05, 0) is 78.3 Å². The molecule has 1 amide bonds. The zero-order valence-electron chi connectivity index (χ0n) is 23.7. The van der Waals surface area contributed by atoms with Gasteiger partial charge in [0.2, 0.25) is 5.91 Å². The molecule has 8 heteroatoms. The van der Waals surface area contributed by atoms with Gasteiger partial charge in [0.15, 0.2) is 0 Å². The van der Waals surface area contributed by atoms with Crippen molar-refractivity contribution >= 4 is 27.3 Å². The standard InChI is InChI=1S/C34H31FN4O2S/c1-20(40)39-13-9-29-25(19-39)16-24(18-37-29)33-31(27-6-5-26(35)17-30(27)41-2)34-28(10-14-42-34)32(38-33)23-4-3-21-7-11-36-12-8-22(21)15-23/h3-6,10,14-18,36H,7-9,11-13,19H2,1-2H3. The van der Waals surface area contributed by atoms with E-state index in [0.717, 1.165) is 87.3 Å². The topological polar surface area (TPSA) is 67.3 Å². The van der Waals surface area contributed by atoms with Gasteiger partial charge in [0.25, 0.3) is 0 Å². The Kier molecular flexibility index (Phi) is 6.96. The number of hydrogen-bond donors (Lipinski definition) is 1. The van der Waals surface area contributed by atoms with Crippen molar-refractivity contribution in [2.24, 2.45) is 0 Å². The van der Waals surface area contributed by atoms with Crippen molar-refractivity contribution in [1.82, 2.24) is 20.2 Å². The Morgan fingerprint density at radius 1 is 0.976 bits per heavy atom. The Hall–Kier alpha value is -4.14. The minimum atomic E-state index is -0.358. The Labute approximate surface area is 248 Å². The quantitative estimate of drug-likeness (QED) is 0.266. The van der Waals surface area contributed by atoms with Crippen LogP contribution >= 0.6 is 11.3 Å². The number of carbonyl (C=O) groups is 1. The fraction of sp³-hybridized carbons (Fsp3) is 0.265. The molecular formula is C34H31FN4O2S. The lowest BCUT2D eigenvalue weighted by Crippen LogP contribution is -2.34. The summed E-state index contributed by atoms with van der Waals surface area (Å²) in [5, 5.41) is 6.63. The molecule has 3 aromatic heterocycles.